The second-order valence-corrected chi connectivity index (χ2v) is 36.2. The van der Waals surface area contributed by atoms with Crippen LogP contribution in [0.15, 0.2) is 182 Å². The minimum atomic E-state index is -0.446. The molecule has 68 heavy (non-hydrogen) atoms. The van der Waals surface area contributed by atoms with Gasteiger partial charge < -0.3 is 24.8 Å². The van der Waals surface area contributed by atoms with Crippen molar-refractivity contribution in [3.63, 3.8) is 0 Å². The molecule has 6 rings (SSSR count). The van der Waals surface area contributed by atoms with E-state index >= 15 is 0 Å². The molecule has 0 saturated heterocycles. The molecule has 0 atom stereocenters. The van der Waals surface area contributed by atoms with Crippen molar-refractivity contribution in [2.24, 2.45) is 0 Å². The monoisotopic (exact) mass is 1210 g/mol. The van der Waals surface area contributed by atoms with Gasteiger partial charge in [0.2, 0.25) is 0 Å². The zero-order valence-electron chi connectivity index (χ0n) is 44.5. The Morgan fingerprint density at radius 3 is 0.397 bits per heavy atom. The first-order valence-corrected chi connectivity index (χ1v) is 28.5. The van der Waals surface area contributed by atoms with E-state index < -0.39 is 15.8 Å². The average Bonchev–Trinajstić information content (AvgIpc) is 3.18. The molecule has 8 heteroatoms. The van der Waals surface area contributed by atoms with E-state index in [4.69, 9.17) is 0 Å². The molecule has 6 aromatic rings. The summed E-state index contributed by atoms with van der Waals surface area (Å²) >= 11 is 0. The van der Waals surface area contributed by atoms with Gasteiger partial charge in [0.05, 0.1) is 0 Å². The fraction of sp³-hybridized carbons (Fsp3) is 0.400. The van der Waals surface area contributed by atoms with Gasteiger partial charge in [-0.1, -0.05) is 322 Å². The Bertz CT molecular complexity index is 1760. The van der Waals surface area contributed by atoms with Gasteiger partial charge >= 0.3 is 20.4 Å². The van der Waals surface area contributed by atoms with Gasteiger partial charge in [-0.2, -0.15) is 0 Å². The van der Waals surface area contributed by atoms with Crippen molar-refractivity contribution in [2.75, 3.05) is 0 Å². The van der Waals surface area contributed by atoms with Crippen LogP contribution < -0.4 is 56.6 Å². The quantitative estimate of drug-likeness (QED) is 0.115. The van der Waals surface area contributed by atoms with Gasteiger partial charge in [-0.15, -0.1) is 0 Å². The van der Waals surface area contributed by atoms with Gasteiger partial charge in [0, 0.05) is 20.4 Å². The Balaban J connectivity index is 0. The normalized spacial score (nSPS) is 11.7. The van der Waals surface area contributed by atoms with Gasteiger partial charge in [-0.05, 0) is 78.6 Å². The third-order valence-electron chi connectivity index (χ3n) is 10.1. The number of benzene rings is 6. The molecule has 0 bridgehead atoms. The maximum Gasteiger partial charge on any atom is 2.00 e. The summed E-state index contributed by atoms with van der Waals surface area (Å²) in [6.45, 7) is 42.9. The van der Waals surface area contributed by atoms with E-state index in [-0.39, 0.29) is 81.5 Å². The molecule has 0 fully saturated rings. The summed E-state index contributed by atoms with van der Waals surface area (Å²) in [6, 6.07) is 64.7. The van der Waals surface area contributed by atoms with Crippen molar-refractivity contribution >= 4 is 63.5 Å². The van der Waals surface area contributed by atoms with E-state index in [2.05, 4.69) is 307 Å². The Labute approximate surface area is 462 Å². The first kappa shape index (κ1) is 69.0. The van der Waals surface area contributed by atoms with Crippen LogP contribution in [0.25, 0.3) is 0 Å². The largest absolute Gasteiger partial charge is 2.00 e. The molecule has 0 aliphatic heterocycles. The van der Waals surface area contributed by atoms with Crippen LogP contribution in [0.1, 0.15) is 125 Å². The molecular weight excluding hydrogens is 1130 g/mol. The van der Waals surface area contributed by atoms with Crippen LogP contribution >= 0.6 is 31.7 Å². The maximum atomic E-state index is 2.38. The summed E-state index contributed by atoms with van der Waals surface area (Å²) in [7, 11) is -0.860. The second kappa shape index (κ2) is 30.9. The molecular formula is C60H84Cl2P4Pd2. The van der Waals surface area contributed by atoms with Crippen LogP contribution in [-0.2, 0) is 40.8 Å². The van der Waals surface area contributed by atoms with Crippen LogP contribution in [0, 0.1) is 0 Å². The van der Waals surface area contributed by atoms with Crippen molar-refractivity contribution in [2.45, 2.75) is 156 Å². The molecule has 0 unspecified atom stereocenters. The Morgan fingerprint density at radius 2 is 0.324 bits per heavy atom. The molecule has 6 aromatic carbocycles. The van der Waals surface area contributed by atoms with E-state index in [1.54, 1.807) is 0 Å². The SMILES string of the molecule is CC(C)(C)P(C(C)(C)C)C(C)(C)C.CC(C)(C)P(C(C)(C)C)C(C)(C)C.[Cl-].[Cl-].[Pd+2].[Pd].c1ccc(P(c2ccccc2)c2ccccc2)cc1.c1ccc(P(c2ccccc2)c2ccccc2)cc1. The van der Waals surface area contributed by atoms with E-state index in [9.17, 15) is 0 Å². The minimum absolute atomic E-state index is 0. The van der Waals surface area contributed by atoms with E-state index in [0.29, 0.717) is 30.9 Å². The molecule has 0 aromatic heterocycles. The molecule has 378 valence electrons. The molecule has 0 spiro atoms. The molecule has 0 radical (unpaired) electrons. The topological polar surface area (TPSA) is 0 Å². The Kier molecular flexibility index (Phi) is 31.3. The fourth-order valence-corrected chi connectivity index (χ4v) is 27.1. The van der Waals surface area contributed by atoms with Gasteiger partial charge in [-0.25, -0.2) is 0 Å². The molecule has 0 heterocycles. The van der Waals surface area contributed by atoms with Crippen LogP contribution in [0.4, 0.5) is 0 Å². The van der Waals surface area contributed by atoms with Crippen molar-refractivity contribution in [1.82, 2.24) is 0 Å². The van der Waals surface area contributed by atoms with Gasteiger partial charge in [0.25, 0.3) is 0 Å². The third-order valence-corrected chi connectivity index (χ3v) is 23.0. The fourth-order valence-electron chi connectivity index (χ4n) is 10.4. The van der Waals surface area contributed by atoms with E-state index in [0.717, 1.165) is 0 Å². The standard InChI is InChI=1S/2C18H15P.2C12H27P.2ClH.2Pd/c2*1-4-10-16(11-5-1)19(17-12-6-2-7-13-17)18-14-8-3-9-15-18;2*1-10(2,3)13(11(4,5)6)12(7,8)9;;;;/h2*1-15H;2*1-9H3;2*1H;;/q;;;;;;;+2/p-2. The molecule has 0 aliphatic carbocycles. The zero-order valence-corrected chi connectivity index (χ0v) is 52.7. The van der Waals surface area contributed by atoms with Crippen LogP contribution in [-0.4, -0.2) is 30.9 Å². The van der Waals surface area contributed by atoms with Gasteiger partial charge in [0.1, 0.15) is 0 Å². The summed E-state index contributed by atoms with van der Waals surface area (Å²) in [6.07, 6.45) is 0. The van der Waals surface area contributed by atoms with Gasteiger partial charge in [0.15, 0.2) is 0 Å². The van der Waals surface area contributed by atoms with Crippen LogP contribution in [0.5, 0.6) is 0 Å². The first-order chi connectivity index (χ1) is 29.6. The molecule has 0 amide bonds. The van der Waals surface area contributed by atoms with Crippen molar-refractivity contribution in [1.29, 1.82) is 0 Å². The molecule has 0 nitrogen and oxygen atoms in total. The van der Waals surface area contributed by atoms with Gasteiger partial charge in [-0.3, -0.25) is 0 Å². The average molecular weight is 1210 g/mol. The first-order valence-electron chi connectivity index (χ1n) is 23.1. The molecule has 0 N–H and O–H groups in total. The molecule has 0 aliphatic rings. The number of hydrogen-bond acceptors (Lipinski definition) is 0. The summed E-state index contributed by atoms with van der Waals surface area (Å²) < 4.78 is 0. The molecule has 0 saturated carbocycles. The minimum Gasteiger partial charge on any atom is -1.00 e. The van der Waals surface area contributed by atoms with Crippen LogP contribution in [0.3, 0.4) is 0 Å². The maximum absolute atomic E-state index is 2.38. The van der Waals surface area contributed by atoms with Crippen molar-refractivity contribution < 1.29 is 65.7 Å². The number of hydrogen-bond donors (Lipinski definition) is 0. The third kappa shape index (κ3) is 23.2. The predicted molar refractivity (Wildman–Crippen MR) is 303 cm³/mol. The van der Waals surface area contributed by atoms with Crippen LogP contribution in [0.2, 0.25) is 0 Å². The van der Waals surface area contributed by atoms with E-state index in [1.165, 1.54) is 31.8 Å². The Morgan fingerprint density at radius 1 is 0.221 bits per heavy atom. The predicted octanol–water partition coefficient (Wildman–Crippen LogP) is 10.6. The Hall–Kier alpha value is -1.06. The van der Waals surface area contributed by atoms with Crippen molar-refractivity contribution in [3.05, 3.63) is 182 Å². The smallest absolute Gasteiger partial charge is 1.00 e. The number of halogens is 2. The summed E-state index contributed by atoms with van der Waals surface area (Å²) in [5.41, 5.74) is 0. The second-order valence-electron chi connectivity index (χ2n) is 22.4. The van der Waals surface area contributed by atoms with E-state index in [1.807, 2.05) is 0 Å². The van der Waals surface area contributed by atoms with Crippen molar-refractivity contribution in [3.8, 4) is 0 Å². The zero-order chi connectivity index (χ0) is 48.0. The summed E-state index contributed by atoms with van der Waals surface area (Å²) in [5, 5.41) is 11.1. The summed E-state index contributed by atoms with van der Waals surface area (Å²) in [5.74, 6) is 0. The number of rotatable bonds is 6. The summed E-state index contributed by atoms with van der Waals surface area (Å²) in [4.78, 5) is 0.